The van der Waals surface area contributed by atoms with Crippen LogP contribution in [0.1, 0.15) is 5.56 Å². The fourth-order valence-electron chi connectivity index (χ4n) is 1.43. The number of hydrogen-bond acceptors (Lipinski definition) is 2. The van der Waals surface area contributed by atoms with E-state index in [4.69, 9.17) is 10.5 Å². The van der Waals surface area contributed by atoms with E-state index in [1.54, 1.807) is 0 Å². The first-order chi connectivity index (χ1) is 8.18. The molecule has 0 aromatic heterocycles. The molecular formula is C13H11F2NO. The van der Waals surface area contributed by atoms with Crippen molar-refractivity contribution >= 4 is 5.69 Å². The van der Waals surface area contributed by atoms with Gasteiger partial charge in [0.05, 0.1) is 0 Å². The summed E-state index contributed by atoms with van der Waals surface area (Å²) in [4.78, 5) is 0. The first-order valence-electron chi connectivity index (χ1n) is 5.08. The smallest absolute Gasteiger partial charge is 0.181 e. The molecule has 0 aliphatic carbocycles. The molecule has 2 aromatic carbocycles. The predicted octanol–water partition coefficient (Wildman–Crippen LogP) is 3.13. The maximum atomic E-state index is 13.4. The fraction of sp³-hybridized carbons (Fsp3) is 0.0769. The maximum Gasteiger partial charge on any atom is 0.181 e. The number of anilines is 1. The predicted molar refractivity (Wildman–Crippen MR) is 61.5 cm³/mol. The van der Waals surface area contributed by atoms with E-state index >= 15 is 0 Å². The Labute approximate surface area is 97.6 Å². The second-order valence-electron chi connectivity index (χ2n) is 3.55. The molecule has 0 saturated heterocycles. The van der Waals surface area contributed by atoms with Crippen LogP contribution in [-0.2, 0) is 6.61 Å². The molecule has 2 rings (SSSR count). The van der Waals surface area contributed by atoms with Gasteiger partial charge in [-0.05, 0) is 17.7 Å². The summed E-state index contributed by atoms with van der Waals surface area (Å²) in [7, 11) is 0. The second-order valence-corrected chi connectivity index (χ2v) is 3.55. The molecule has 0 radical (unpaired) electrons. The standard InChI is InChI=1S/C13H11F2NO/c14-10-6-7-11(15)13(12(10)16)17-8-9-4-2-1-3-5-9/h1-7H,8,16H2. The van der Waals surface area contributed by atoms with Crippen molar-refractivity contribution in [2.75, 3.05) is 5.73 Å². The molecule has 0 saturated carbocycles. The summed E-state index contributed by atoms with van der Waals surface area (Å²) < 4.78 is 31.7. The second kappa shape index (κ2) is 4.82. The lowest BCUT2D eigenvalue weighted by Crippen LogP contribution is -2.02. The lowest BCUT2D eigenvalue weighted by atomic mass is 10.2. The van der Waals surface area contributed by atoms with Crippen LogP contribution < -0.4 is 10.5 Å². The van der Waals surface area contributed by atoms with Crippen molar-refractivity contribution in [2.24, 2.45) is 0 Å². The van der Waals surface area contributed by atoms with Crippen LogP contribution in [0.15, 0.2) is 42.5 Å². The van der Waals surface area contributed by atoms with Crippen LogP contribution in [-0.4, -0.2) is 0 Å². The highest BCUT2D eigenvalue weighted by atomic mass is 19.1. The molecule has 0 bridgehead atoms. The highest BCUT2D eigenvalue weighted by Gasteiger charge is 2.12. The minimum atomic E-state index is -0.686. The summed E-state index contributed by atoms with van der Waals surface area (Å²) >= 11 is 0. The molecule has 0 aliphatic heterocycles. The summed E-state index contributed by atoms with van der Waals surface area (Å²) in [6.07, 6.45) is 0. The normalized spacial score (nSPS) is 10.2. The van der Waals surface area contributed by atoms with Crippen molar-refractivity contribution in [1.82, 2.24) is 0 Å². The minimum Gasteiger partial charge on any atom is -0.484 e. The third-order valence-corrected chi connectivity index (χ3v) is 2.32. The van der Waals surface area contributed by atoms with E-state index in [1.165, 1.54) is 0 Å². The average molecular weight is 235 g/mol. The molecule has 0 fully saturated rings. The molecule has 0 atom stereocenters. The van der Waals surface area contributed by atoms with Crippen LogP contribution in [0, 0.1) is 11.6 Å². The highest BCUT2D eigenvalue weighted by molar-refractivity contribution is 5.54. The van der Waals surface area contributed by atoms with Crippen molar-refractivity contribution in [2.45, 2.75) is 6.61 Å². The zero-order valence-electron chi connectivity index (χ0n) is 8.99. The molecule has 4 heteroatoms. The maximum absolute atomic E-state index is 13.4. The van der Waals surface area contributed by atoms with Crippen molar-refractivity contribution < 1.29 is 13.5 Å². The number of rotatable bonds is 3. The number of nitrogen functional groups attached to an aromatic ring is 1. The number of nitrogens with two attached hydrogens (primary N) is 1. The van der Waals surface area contributed by atoms with Gasteiger partial charge in [-0.25, -0.2) is 8.78 Å². The Morgan fingerprint density at radius 1 is 0.941 bits per heavy atom. The van der Waals surface area contributed by atoms with E-state index in [1.807, 2.05) is 30.3 Å². The first-order valence-corrected chi connectivity index (χ1v) is 5.08. The van der Waals surface area contributed by atoms with E-state index in [-0.39, 0.29) is 18.0 Å². The summed E-state index contributed by atoms with van der Waals surface area (Å²) in [6, 6.07) is 11.2. The van der Waals surface area contributed by atoms with Gasteiger partial charge in [-0.15, -0.1) is 0 Å². The van der Waals surface area contributed by atoms with Gasteiger partial charge in [0, 0.05) is 0 Å². The van der Waals surface area contributed by atoms with E-state index < -0.39 is 11.6 Å². The molecular weight excluding hydrogens is 224 g/mol. The van der Waals surface area contributed by atoms with Gasteiger partial charge in [0.1, 0.15) is 18.1 Å². The topological polar surface area (TPSA) is 35.2 Å². The van der Waals surface area contributed by atoms with Crippen LogP contribution in [0.25, 0.3) is 0 Å². The number of ether oxygens (including phenoxy) is 1. The average Bonchev–Trinajstić information content (AvgIpc) is 2.35. The third kappa shape index (κ3) is 2.53. The molecule has 2 aromatic rings. The van der Waals surface area contributed by atoms with Crippen molar-refractivity contribution in [3.05, 3.63) is 59.7 Å². The van der Waals surface area contributed by atoms with Gasteiger partial charge in [0.15, 0.2) is 11.6 Å². The van der Waals surface area contributed by atoms with Crippen molar-refractivity contribution in [3.8, 4) is 5.75 Å². The highest BCUT2D eigenvalue weighted by Crippen LogP contribution is 2.28. The SMILES string of the molecule is Nc1c(F)ccc(F)c1OCc1ccccc1. The molecule has 0 amide bonds. The van der Waals surface area contributed by atoms with Crippen molar-refractivity contribution in [1.29, 1.82) is 0 Å². The zero-order chi connectivity index (χ0) is 12.3. The lowest BCUT2D eigenvalue weighted by molar-refractivity contribution is 0.290. The van der Waals surface area contributed by atoms with Gasteiger partial charge < -0.3 is 10.5 Å². The lowest BCUT2D eigenvalue weighted by Gasteiger charge is -2.10. The van der Waals surface area contributed by atoms with Gasteiger partial charge in [0.2, 0.25) is 0 Å². The third-order valence-electron chi connectivity index (χ3n) is 2.32. The molecule has 17 heavy (non-hydrogen) atoms. The van der Waals surface area contributed by atoms with E-state index in [2.05, 4.69) is 0 Å². The zero-order valence-corrected chi connectivity index (χ0v) is 8.99. The Kier molecular flexibility index (Phi) is 3.23. The fourth-order valence-corrected chi connectivity index (χ4v) is 1.43. The molecule has 0 heterocycles. The summed E-state index contributed by atoms with van der Waals surface area (Å²) in [5, 5.41) is 0. The van der Waals surface area contributed by atoms with E-state index in [0.29, 0.717) is 0 Å². The molecule has 0 aliphatic rings. The largest absolute Gasteiger partial charge is 0.484 e. The monoisotopic (exact) mass is 235 g/mol. The molecule has 2 nitrogen and oxygen atoms in total. The van der Waals surface area contributed by atoms with Crippen LogP contribution in [0.2, 0.25) is 0 Å². The first kappa shape index (κ1) is 11.4. The number of halogens is 2. The molecule has 2 N–H and O–H groups in total. The number of benzene rings is 2. The van der Waals surface area contributed by atoms with Gasteiger partial charge in [-0.1, -0.05) is 30.3 Å². The van der Waals surface area contributed by atoms with Crippen LogP contribution in [0.3, 0.4) is 0 Å². The number of hydrogen-bond donors (Lipinski definition) is 1. The molecule has 88 valence electrons. The Hall–Kier alpha value is -2.10. The van der Waals surface area contributed by atoms with Gasteiger partial charge in [0.25, 0.3) is 0 Å². The quantitative estimate of drug-likeness (QED) is 0.829. The van der Waals surface area contributed by atoms with Gasteiger partial charge in [-0.3, -0.25) is 0 Å². The molecule has 0 spiro atoms. The Morgan fingerprint density at radius 2 is 1.59 bits per heavy atom. The summed E-state index contributed by atoms with van der Waals surface area (Å²) in [5.41, 5.74) is 5.96. The van der Waals surface area contributed by atoms with Gasteiger partial charge >= 0.3 is 0 Å². The Balaban J connectivity index is 2.17. The summed E-state index contributed by atoms with van der Waals surface area (Å²) in [5.74, 6) is -1.59. The van der Waals surface area contributed by atoms with E-state index in [9.17, 15) is 8.78 Å². The molecule has 0 unspecified atom stereocenters. The minimum absolute atomic E-state index is 0.144. The van der Waals surface area contributed by atoms with Gasteiger partial charge in [-0.2, -0.15) is 0 Å². The van der Waals surface area contributed by atoms with Crippen LogP contribution >= 0.6 is 0 Å². The summed E-state index contributed by atoms with van der Waals surface area (Å²) in [6.45, 7) is 0.144. The van der Waals surface area contributed by atoms with E-state index in [0.717, 1.165) is 17.7 Å². The Bertz CT molecular complexity index is 514. The Morgan fingerprint density at radius 3 is 2.29 bits per heavy atom. The van der Waals surface area contributed by atoms with Crippen LogP contribution in [0.4, 0.5) is 14.5 Å². The van der Waals surface area contributed by atoms with Crippen LogP contribution in [0.5, 0.6) is 5.75 Å². The van der Waals surface area contributed by atoms with Crippen molar-refractivity contribution in [3.63, 3.8) is 0 Å².